The molecule has 11 heavy (non-hydrogen) atoms. The Hall–Kier alpha value is -0.300. The van der Waals surface area contributed by atoms with Crippen LogP contribution in [0, 0.1) is 0 Å². The Balaban J connectivity index is 3.73. The summed E-state index contributed by atoms with van der Waals surface area (Å²) in [6.07, 6.45) is 3.80. The minimum absolute atomic E-state index is 0.787. The van der Waals surface area contributed by atoms with Gasteiger partial charge in [0.1, 0.15) is 0 Å². The van der Waals surface area contributed by atoms with E-state index in [1.807, 2.05) is 0 Å². The topological polar surface area (TPSA) is 9.23 Å². The monoisotopic (exact) mass is 156 g/mol. The molecule has 0 heterocycles. The molecule has 0 amide bonds. The average molecular weight is 156 g/mol. The molecule has 66 valence electrons. The lowest BCUT2D eigenvalue weighted by molar-refractivity contribution is 0.225. The van der Waals surface area contributed by atoms with Gasteiger partial charge in [-0.25, -0.2) is 0 Å². The van der Waals surface area contributed by atoms with Gasteiger partial charge in [0.2, 0.25) is 0 Å². The third-order valence-corrected chi connectivity index (χ3v) is 1.99. The minimum atomic E-state index is 0.787. The first kappa shape index (κ1) is 10.7. The molecular weight excluding hydrogens is 136 g/mol. The summed E-state index contributed by atoms with van der Waals surface area (Å²) >= 11 is 0. The van der Waals surface area contributed by atoms with Gasteiger partial charge in [-0.3, -0.25) is 0 Å². The Bertz CT molecular complexity index is 125. The Morgan fingerprint density at radius 2 is 1.82 bits per heavy atom. The Morgan fingerprint density at radius 3 is 2.27 bits per heavy atom. The van der Waals surface area contributed by atoms with Gasteiger partial charge in [0, 0.05) is 7.11 Å². The van der Waals surface area contributed by atoms with E-state index in [1.54, 1.807) is 7.11 Å². The molecule has 0 spiro atoms. The normalized spacial score (nSPS) is 13.1. The van der Waals surface area contributed by atoms with Gasteiger partial charge < -0.3 is 4.74 Å². The van der Waals surface area contributed by atoms with Gasteiger partial charge >= 0.3 is 0 Å². The minimum Gasteiger partial charge on any atom is -0.380 e. The first-order chi connectivity index (χ1) is 5.22. The molecule has 0 saturated carbocycles. The van der Waals surface area contributed by atoms with Gasteiger partial charge in [0.05, 0.1) is 6.61 Å². The fourth-order valence-electron chi connectivity index (χ4n) is 0.995. The average Bonchev–Trinajstić information content (AvgIpc) is 2.00. The third-order valence-electron chi connectivity index (χ3n) is 1.99. The summed E-state index contributed by atoms with van der Waals surface area (Å²) in [4.78, 5) is 0. The number of unbranched alkanes of at least 4 members (excludes halogenated alkanes) is 1. The number of hydrogen-bond donors (Lipinski definition) is 0. The summed E-state index contributed by atoms with van der Waals surface area (Å²) in [6.45, 7) is 7.35. The maximum atomic E-state index is 5.05. The van der Waals surface area contributed by atoms with Crippen LogP contribution in [-0.2, 0) is 4.74 Å². The van der Waals surface area contributed by atoms with Crippen molar-refractivity contribution in [3.63, 3.8) is 0 Å². The lowest BCUT2D eigenvalue weighted by Crippen LogP contribution is -1.93. The van der Waals surface area contributed by atoms with Crippen molar-refractivity contribution in [1.82, 2.24) is 0 Å². The molecule has 0 fully saturated rings. The van der Waals surface area contributed by atoms with Gasteiger partial charge in [-0.15, -0.1) is 0 Å². The first-order valence-electron chi connectivity index (χ1n) is 4.36. The zero-order valence-corrected chi connectivity index (χ0v) is 8.24. The quantitative estimate of drug-likeness (QED) is 0.555. The van der Waals surface area contributed by atoms with Crippen LogP contribution in [0.4, 0.5) is 0 Å². The maximum Gasteiger partial charge on any atom is 0.0672 e. The fourth-order valence-corrected chi connectivity index (χ4v) is 0.995. The van der Waals surface area contributed by atoms with Gasteiger partial charge in [0.15, 0.2) is 0 Å². The molecule has 0 aromatic carbocycles. The van der Waals surface area contributed by atoms with Crippen LogP contribution < -0.4 is 0 Å². The van der Waals surface area contributed by atoms with E-state index in [-0.39, 0.29) is 0 Å². The third kappa shape index (κ3) is 5.02. The molecule has 0 radical (unpaired) electrons. The van der Waals surface area contributed by atoms with Gasteiger partial charge in [-0.05, 0) is 32.3 Å². The van der Waals surface area contributed by atoms with Crippen LogP contribution in [0.2, 0.25) is 0 Å². The molecule has 0 aliphatic rings. The van der Waals surface area contributed by atoms with E-state index >= 15 is 0 Å². The van der Waals surface area contributed by atoms with Crippen LogP contribution in [0.5, 0.6) is 0 Å². The van der Waals surface area contributed by atoms with Crippen molar-refractivity contribution in [3.8, 4) is 0 Å². The molecule has 0 aromatic heterocycles. The van der Waals surface area contributed by atoms with Crippen molar-refractivity contribution < 1.29 is 4.74 Å². The summed E-state index contributed by atoms with van der Waals surface area (Å²) < 4.78 is 5.05. The Kier molecular flexibility index (Phi) is 6.24. The van der Waals surface area contributed by atoms with E-state index in [9.17, 15) is 0 Å². The highest BCUT2D eigenvalue weighted by Gasteiger charge is 1.95. The van der Waals surface area contributed by atoms with Gasteiger partial charge in [-0.2, -0.15) is 0 Å². The summed E-state index contributed by atoms with van der Waals surface area (Å²) in [5, 5.41) is 0. The smallest absolute Gasteiger partial charge is 0.0672 e. The van der Waals surface area contributed by atoms with Crippen LogP contribution in [0.1, 0.15) is 40.0 Å². The van der Waals surface area contributed by atoms with Crippen molar-refractivity contribution in [1.29, 1.82) is 0 Å². The number of hydrogen-bond acceptors (Lipinski definition) is 1. The molecule has 0 bridgehead atoms. The lowest BCUT2D eigenvalue weighted by atomic mass is 10.1. The molecule has 0 unspecified atom stereocenters. The Morgan fingerprint density at radius 1 is 1.18 bits per heavy atom. The van der Waals surface area contributed by atoms with Crippen molar-refractivity contribution in [2.24, 2.45) is 0 Å². The molecule has 0 saturated heterocycles. The summed E-state index contributed by atoms with van der Waals surface area (Å²) in [5.41, 5.74) is 2.88. The van der Waals surface area contributed by atoms with Gasteiger partial charge in [0.25, 0.3) is 0 Å². The van der Waals surface area contributed by atoms with E-state index in [0.29, 0.717) is 0 Å². The molecule has 0 aliphatic heterocycles. The van der Waals surface area contributed by atoms with Crippen molar-refractivity contribution in [2.45, 2.75) is 40.0 Å². The lowest BCUT2D eigenvalue weighted by Gasteiger charge is -2.05. The van der Waals surface area contributed by atoms with Crippen molar-refractivity contribution >= 4 is 0 Å². The molecule has 0 aliphatic carbocycles. The zero-order valence-electron chi connectivity index (χ0n) is 8.24. The number of methoxy groups -OCH3 is 1. The van der Waals surface area contributed by atoms with Crippen molar-refractivity contribution in [2.75, 3.05) is 13.7 Å². The second kappa shape index (κ2) is 6.41. The predicted molar refractivity (Wildman–Crippen MR) is 49.8 cm³/mol. The molecule has 1 nitrogen and oxygen atoms in total. The van der Waals surface area contributed by atoms with Crippen LogP contribution in [0.15, 0.2) is 11.1 Å². The number of ether oxygens (including phenoxy) is 1. The van der Waals surface area contributed by atoms with Crippen LogP contribution in [0.25, 0.3) is 0 Å². The molecule has 0 N–H and O–H groups in total. The van der Waals surface area contributed by atoms with Crippen LogP contribution in [0.3, 0.4) is 0 Å². The highest BCUT2D eigenvalue weighted by Crippen LogP contribution is 2.11. The molecular formula is C10H20O. The second-order valence-corrected chi connectivity index (χ2v) is 3.10. The summed E-state index contributed by atoms with van der Waals surface area (Å²) in [7, 11) is 1.75. The number of rotatable bonds is 5. The SMILES string of the molecule is CCCCC(C)=C(C)COC. The highest BCUT2D eigenvalue weighted by atomic mass is 16.5. The Labute approximate surface area is 70.4 Å². The van der Waals surface area contributed by atoms with Gasteiger partial charge in [-0.1, -0.05) is 18.9 Å². The van der Waals surface area contributed by atoms with Crippen LogP contribution >= 0.6 is 0 Å². The summed E-state index contributed by atoms with van der Waals surface area (Å²) in [5.74, 6) is 0. The molecule has 0 aromatic rings. The van der Waals surface area contributed by atoms with E-state index < -0.39 is 0 Å². The van der Waals surface area contributed by atoms with Crippen molar-refractivity contribution in [3.05, 3.63) is 11.1 Å². The first-order valence-corrected chi connectivity index (χ1v) is 4.36. The fraction of sp³-hybridized carbons (Fsp3) is 0.800. The zero-order chi connectivity index (χ0) is 8.69. The highest BCUT2D eigenvalue weighted by molar-refractivity contribution is 5.09. The summed E-state index contributed by atoms with van der Waals surface area (Å²) in [6, 6.07) is 0. The standard InChI is InChI=1S/C10H20O/c1-5-6-7-9(2)10(3)8-11-4/h5-8H2,1-4H3. The van der Waals surface area contributed by atoms with Crippen LogP contribution in [-0.4, -0.2) is 13.7 Å². The van der Waals surface area contributed by atoms with E-state index in [1.165, 1.54) is 30.4 Å². The van der Waals surface area contributed by atoms with E-state index in [4.69, 9.17) is 4.74 Å². The van der Waals surface area contributed by atoms with E-state index in [0.717, 1.165) is 6.61 Å². The predicted octanol–water partition coefficient (Wildman–Crippen LogP) is 3.16. The molecule has 1 heteroatoms. The second-order valence-electron chi connectivity index (χ2n) is 3.10. The maximum absolute atomic E-state index is 5.05. The number of allylic oxidation sites excluding steroid dienone is 1. The van der Waals surface area contributed by atoms with E-state index in [2.05, 4.69) is 20.8 Å². The largest absolute Gasteiger partial charge is 0.380 e. The molecule has 0 atom stereocenters. The molecule has 0 rings (SSSR count).